The minimum atomic E-state index is -0.260. The Balaban J connectivity index is 2.06. The molecule has 3 rings (SSSR count). The van der Waals surface area contributed by atoms with Gasteiger partial charge < -0.3 is 0 Å². The number of nitriles is 2. The van der Waals surface area contributed by atoms with E-state index in [1.165, 1.54) is 6.92 Å². The third kappa shape index (κ3) is 3.19. The van der Waals surface area contributed by atoms with Crippen LogP contribution in [-0.2, 0) is 17.6 Å². The number of nitrogens with one attached hydrogen (secondary N) is 1. The molecule has 0 aromatic heterocycles. The number of amides is 1. The molecule has 1 N–H and O–H groups in total. The second kappa shape index (κ2) is 6.86. The van der Waals surface area contributed by atoms with Crippen LogP contribution in [0.3, 0.4) is 0 Å². The molecular weight excluding hydrogens is 314 g/mol. The Morgan fingerprint density at radius 3 is 2.44 bits per heavy atom. The van der Waals surface area contributed by atoms with Gasteiger partial charge in [-0.25, -0.2) is 0 Å². The lowest BCUT2D eigenvalue weighted by Gasteiger charge is -2.24. The van der Waals surface area contributed by atoms with Crippen LogP contribution in [0.1, 0.15) is 18.1 Å². The van der Waals surface area contributed by atoms with Crippen LogP contribution in [0.15, 0.2) is 47.6 Å². The standard InChI is InChI=1S/C19H15N5O/c1-13(25)24-18-5-3-2-4-14(18)6-7-15-8-9-16(10-19(15)24)22-23-17(11-20)12-21/h2-5,8-10,22H,6-7H2,1H3. The SMILES string of the molecule is CC(=O)N1c2ccccc2CCc2ccc(NN=C(C#N)C#N)cc21. The number of rotatable bonds is 2. The van der Waals surface area contributed by atoms with E-state index in [1.54, 1.807) is 17.0 Å². The molecular formula is C19H15N5O. The van der Waals surface area contributed by atoms with E-state index in [-0.39, 0.29) is 11.6 Å². The first-order chi connectivity index (χ1) is 12.1. The van der Waals surface area contributed by atoms with Crippen LogP contribution in [0.2, 0.25) is 0 Å². The summed E-state index contributed by atoms with van der Waals surface area (Å²) in [5.41, 5.74) is 6.89. The molecule has 122 valence electrons. The van der Waals surface area contributed by atoms with Gasteiger partial charge >= 0.3 is 0 Å². The number of para-hydroxylation sites is 1. The number of hydrogen-bond donors (Lipinski definition) is 1. The molecule has 1 amide bonds. The molecule has 0 unspecified atom stereocenters. The number of fused-ring (bicyclic) bond motifs is 2. The summed E-state index contributed by atoms with van der Waals surface area (Å²) in [6.45, 7) is 1.54. The molecule has 1 aliphatic rings. The number of nitrogens with zero attached hydrogens (tertiary/aromatic N) is 4. The number of hydrogen-bond acceptors (Lipinski definition) is 5. The third-order valence-corrected chi connectivity index (χ3v) is 4.05. The first-order valence-electron chi connectivity index (χ1n) is 7.79. The van der Waals surface area contributed by atoms with Crippen LogP contribution in [0.25, 0.3) is 0 Å². The van der Waals surface area contributed by atoms with Crippen molar-refractivity contribution in [3.63, 3.8) is 0 Å². The summed E-state index contributed by atoms with van der Waals surface area (Å²) < 4.78 is 0. The first-order valence-corrected chi connectivity index (χ1v) is 7.79. The van der Waals surface area contributed by atoms with Gasteiger partial charge in [-0.1, -0.05) is 24.3 Å². The molecule has 0 bridgehead atoms. The van der Waals surface area contributed by atoms with Crippen molar-refractivity contribution in [2.45, 2.75) is 19.8 Å². The molecule has 0 saturated heterocycles. The van der Waals surface area contributed by atoms with Crippen molar-refractivity contribution >= 4 is 28.7 Å². The molecule has 0 spiro atoms. The number of anilines is 3. The van der Waals surface area contributed by atoms with Gasteiger partial charge in [0.2, 0.25) is 11.6 Å². The molecule has 0 atom stereocenters. The Morgan fingerprint density at radius 2 is 1.76 bits per heavy atom. The Hall–Kier alpha value is -3.64. The summed E-state index contributed by atoms with van der Waals surface area (Å²) in [4.78, 5) is 14.0. The zero-order chi connectivity index (χ0) is 17.8. The van der Waals surface area contributed by atoms with E-state index in [9.17, 15) is 4.79 Å². The second-order valence-corrected chi connectivity index (χ2v) is 5.62. The largest absolute Gasteiger partial charge is 0.281 e. The lowest BCUT2D eigenvalue weighted by atomic mass is 10.0. The minimum absolute atomic E-state index is 0.0778. The molecule has 2 aromatic rings. The fourth-order valence-electron chi connectivity index (χ4n) is 2.93. The lowest BCUT2D eigenvalue weighted by molar-refractivity contribution is -0.115. The summed E-state index contributed by atoms with van der Waals surface area (Å²) in [5.74, 6) is -0.0778. The van der Waals surface area contributed by atoms with E-state index in [1.807, 2.05) is 42.5 Å². The summed E-state index contributed by atoms with van der Waals surface area (Å²) in [6, 6.07) is 16.8. The molecule has 1 aliphatic heterocycles. The first kappa shape index (κ1) is 16.2. The zero-order valence-electron chi connectivity index (χ0n) is 13.7. The Morgan fingerprint density at radius 1 is 1.08 bits per heavy atom. The van der Waals surface area contributed by atoms with E-state index in [4.69, 9.17) is 10.5 Å². The van der Waals surface area contributed by atoms with E-state index in [0.717, 1.165) is 35.3 Å². The predicted molar refractivity (Wildman–Crippen MR) is 95.4 cm³/mol. The van der Waals surface area contributed by atoms with Crippen LogP contribution in [0, 0.1) is 22.7 Å². The van der Waals surface area contributed by atoms with Crippen LogP contribution >= 0.6 is 0 Å². The smallest absolute Gasteiger partial charge is 0.237 e. The molecule has 0 radical (unpaired) electrons. The van der Waals surface area contributed by atoms with E-state index < -0.39 is 0 Å². The molecule has 6 nitrogen and oxygen atoms in total. The van der Waals surface area contributed by atoms with Crippen molar-refractivity contribution in [2.24, 2.45) is 5.10 Å². The molecule has 6 heteroatoms. The van der Waals surface area contributed by atoms with Crippen molar-refractivity contribution in [1.29, 1.82) is 10.5 Å². The van der Waals surface area contributed by atoms with Gasteiger partial charge in [0, 0.05) is 6.92 Å². The quantitative estimate of drug-likeness (QED) is 0.676. The van der Waals surface area contributed by atoms with Crippen molar-refractivity contribution in [2.75, 3.05) is 10.3 Å². The Kier molecular flexibility index (Phi) is 4.45. The van der Waals surface area contributed by atoms with Gasteiger partial charge in [0.25, 0.3) is 0 Å². The van der Waals surface area contributed by atoms with Crippen LogP contribution in [0.5, 0.6) is 0 Å². The monoisotopic (exact) mass is 329 g/mol. The molecule has 0 fully saturated rings. The van der Waals surface area contributed by atoms with Crippen molar-refractivity contribution in [1.82, 2.24) is 0 Å². The highest BCUT2D eigenvalue weighted by Gasteiger charge is 2.23. The molecule has 25 heavy (non-hydrogen) atoms. The maximum absolute atomic E-state index is 12.3. The van der Waals surface area contributed by atoms with Crippen LogP contribution in [-0.4, -0.2) is 11.6 Å². The number of carbonyl (C=O) groups is 1. The summed E-state index contributed by atoms with van der Waals surface area (Å²) in [6.07, 6.45) is 1.67. The summed E-state index contributed by atoms with van der Waals surface area (Å²) in [7, 11) is 0. The van der Waals surface area contributed by atoms with Gasteiger partial charge in [-0.15, -0.1) is 0 Å². The van der Waals surface area contributed by atoms with Gasteiger partial charge in [-0.05, 0) is 42.2 Å². The average Bonchev–Trinajstić information content (AvgIpc) is 2.79. The summed E-state index contributed by atoms with van der Waals surface area (Å²) >= 11 is 0. The number of hydrazone groups is 1. The lowest BCUT2D eigenvalue weighted by Crippen LogP contribution is -2.23. The topological polar surface area (TPSA) is 92.3 Å². The Labute approximate surface area is 145 Å². The van der Waals surface area contributed by atoms with Gasteiger partial charge in [0.1, 0.15) is 12.1 Å². The fourth-order valence-corrected chi connectivity index (χ4v) is 2.93. The minimum Gasteiger partial charge on any atom is -0.281 e. The Bertz CT molecular complexity index is 933. The number of benzene rings is 2. The highest BCUT2D eigenvalue weighted by Crippen LogP contribution is 2.37. The van der Waals surface area contributed by atoms with Gasteiger partial charge in [-0.3, -0.25) is 15.1 Å². The normalized spacial score (nSPS) is 11.9. The van der Waals surface area contributed by atoms with Crippen LogP contribution in [0.4, 0.5) is 17.1 Å². The van der Waals surface area contributed by atoms with Gasteiger partial charge in [-0.2, -0.15) is 15.6 Å². The van der Waals surface area contributed by atoms with E-state index in [0.29, 0.717) is 5.69 Å². The molecule has 2 aromatic carbocycles. The van der Waals surface area contributed by atoms with E-state index in [2.05, 4.69) is 10.5 Å². The van der Waals surface area contributed by atoms with E-state index >= 15 is 0 Å². The van der Waals surface area contributed by atoms with Crippen molar-refractivity contribution in [3.8, 4) is 12.1 Å². The molecule has 1 heterocycles. The highest BCUT2D eigenvalue weighted by atomic mass is 16.2. The van der Waals surface area contributed by atoms with Crippen LogP contribution < -0.4 is 10.3 Å². The number of aryl methyl sites for hydroxylation is 2. The molecule has 0 saturated carbocycles. The predicted octanol–water partition coefficient (Wildman–Crippen LogP) is 3.28. The molecule has 0 aliphatic carbocycles. The second-order valence-electron chi connectivity index (χ2n) is 5.62. The van der Waals surface area contributed by atoms with Crippen molar-refractivity contribution < 1.29 is 4.79 Å². The average molecular weight is 329 g/mol. The van der Waals surface area contributed by atoms with Crippen molar-refractivity contribution in [3.05, 3.63) is 53.6 Å². The maximum atomic E-state index is 12.3. The highest BCUT2D eigenvalue weighted by molar-refractivity contribution is 6.10. The maximum Gasteiger partial charge on any atom is 0.237 e. The number of carbonyl (C=O) groups excluding carboxylic acids is 1. The summed E-state index contributed by atoms with van der Waals surface area (Å²) in [5, 5.41) is 21.3. The third-order valence-electron chi connectivity index (χ3n) is 4.05. The van der Waals surface area contributed by atoms with Gasteiger partial charge in [0.15, 0.2) is 0 Å². The fraction of sp³-hybridized carbons (Fsp3) is 0.158. The zero-order valence-corrected chi connectivity index (χ0v) is 13.7. The van der Waals surface area contributed by atoms with Gasteiger partial charge in [0.05, 0.1) is 17.1 Å².